The van der Waals surface area contributed by atoms with E-state index in [4.69, 9.17) is 13.7 Å². The Morgan fingerprint density at radius 2 is 1.85 bits per heavy atom. The summed E-state index contributed by atoms with van der Waals surface area (Å²) in [4.78, 5) is 13.1. The maximum absolute atomic E-state index is 12.7. The van der Waals surface area contributed by atoms with Gasteiger partial charge in [0, 0.05) is 27.0 Å². The fraction of sp³-hybridized carbons (Fsp3) is 0.250. The average molecular weight is 580 g/mol. The van der Waals surface area contributed by atoms with Crippen LogP contribution in [-0.4, -0.2) is 63.6 Å². The Hall–Kier alpha value is -3.86. The summed E-state index contributed by atoms with van der Waals surface area (Å²) in [5, 5.41) is 6.96. The number of allylic oxidation sites excluding steroid dienone is 1. The number of nitrogens with one attached hydrogen (secondary N) is 2. The predicted octanol–water partition coefficient (Wildman–Crippen LogP) is 4.31. The molecule has 40 heavy (non-hydrogen) atoms. The fourth-order valence-electron chi connectivity index (χ4n) is 3.45. The van der Waals surface area contributed by atoms with Gasteiger partial charge in [-0.2, -0.15) is 8.42 Å². The third kappa shape index (κ3) is 7.41. The van der Waals surface area contributed by atoms with E-state index in [9.17, 15) is 8.42 Å². The molecule has 0 unspecified atom stereocenters. The van der Waals surface area contributed by atoms with E-state index in [0.29, 0.717) is 11.5 Å². The molecule has 12 heteroatoms. The number of anilines is 2. The first-order valence-electron chi connectivity index (χ1n) is 12.1. The lowest BCUT2D eigenvalue weighted by Gasteiger charge is -2.30. The van der Waals surface area contributed by atoms with Gasteiger partial charge in [-0.15, -0.1) is 11.3 Å². The number of aryl methyl sites for hydroxylation is 1. The molecular formula is C28H29N5O5S2. The fourth-order valence-corrected chi connectivity index (χ4v) is 5.30. The number of fused-ring (bicyclic) bond motifs is 1. The van der Waals surface area contributed by atoms with Crippen LogP contribution >= 0.6 is 11.3 Å². The number of nitrogens with zero attached hydrogens (tertiary/aromatic N) is 3. The Labute approximate surface area is 237 Å². The zero-order valence-corrected chi connectivity index (χ0v) is 24.1. The Morgan fingerprint density at radius 3 is 2.52 bits per heavy atom. The van der Waals surface area contributed by atoms with Crippen LogP contribution < -0.4 is 10.6 Å². The van der Waals surface area contributed by atoms with Gasteiger partial charge in [-0.3, -0.25) is 4.18 Å². The van der Waals surface area contributed by atoms with Crippen molar-refractivity contribution in [3.05, 3.63) is 77.2 Å². The summed E-state index contributed by atoms with van der Waals surface area (Å²) >= 11 is 1.51. The quantitative estimate of drug-likeness (QED) is 0.151. The van der Waals surface area contributed by atoms with Gasteiger partial charge >= 0.3 is 0 Å². The largest absolute Gasteiger partial charge is 0.379 e. The van der Waals surface area contributed by atoms with Gasteiger partial charge in [0.25, 0.3) is 10.1 Å². The summed E-state index contributed by atoms with van der Waals surface area (Å²) in [6.07, 6.45) is 6.79. The summed E-state index contributed by atoms with van der Waals surface area (Å²) in [6.45, 7) is 1.67. The summed E-state index contributed by atoms with van der Waals surface area (Å²) in [5.74, 6) is 5.22. The van der Waals surface area contributed by atoms with Crippen molar-refractivity contribution in [2.45, 2.75) is 17.6 Å². The first-order chi connectivity index (χ1) is 19.3. The van der Waals surface area contributed by atoms with Crippen molar-refractivity contribution in [3.63, 3.8) is 0 Å². The summed E-state index contributed by atoms with van der Waals surface area (Å²) in [7, 11) is 0.661. The molecule has 0 aliphatic heterocycles. The standard InChI is InChI=1S/C28H29N5O5S2/c1-20-9-12-23(13-10-20)40(34,35)38-19-28(36-3,37-4)18-32-21-11-14-24-25(15-21)39-27(33-24)8-6-5-7-22-16-31-26(29-2)17-30-22/h6,8-17,32H,18-19H2,1-4H3,(H,29,31)/b8-6+. The van der Waals surface area contributed by atoms with Gasteiger partial charge in [0.05, 0.1) is 34.1 Å². The topological polar surface area (TPSA) is 125 Å². The molecule has 0 saturated heterocycles. The molecule has 0 aliphatic carbocycles. The molecule has 10 nitrogen and oxygen atoms in total. The second kappa shape index (κ2) is 13.0. The Balaban J connectivity index is 1.39. The number of ether oxygens (including phenoxy) is 2. The van der Waals surface area contributed by atoms with Crippen molar-refractivity contribution in [1.29, 1.82) is 0 Å². The van der Waals surface area contributed by atoms with E-state index in [1.54, 1.807) is 37.7 Å². The number of thiazole rings is 1. The lowest BCUT2D eigenvalue weighted by Crippen LogP contribution is -2.46. The predicted molar refractivity (Wildman–Crippen MR) is 157 cm³/mol. The molecular weight excluding hydrogens is 550 g/mol. The van der Waals surface area contributed by atoms with Crippen LogP contribution in [0.4, 0.5) is 11.5 Å². The van der Waals surface area contributed by atoms with Crippen LogP contribution in [0.15, 0.2) is 65.8 Å². The van der Waals surface area contributed by atoms with Gasteiger partial charge in [-0.25, -0.2) is 15.0 Å². The van der Waals surface area contributed by atoms with E-state index in [1.807, 2.05) is 31.2 Å². The maximum atomic E-state index is 12.7. The van der Waals surface area contributed by atoms with Crippen molar-refractivity contribution in [3.8, 4) is 11.8 Å². The molecule has 0 amide bonds. The van der Waals surface area contributed by atoms with Gasteiger partial charge in [0.2, 0.25) is 5.79 Å². The normalized spacial score (nSPS) is 11.9. The number of rotatable bonds is 11. The zero-order valence-electron chi connectivity index (χ0n) is 22.5. The third-order valence-electron chi connectivity index (χ3n) is 5.87. The number of aromatic nitrogens is 3. The molecule has 2 aromatic carbocycles. The molecule has 2 aromatic heterocycles. The second-order valence-electron chi connectivity index (χ2n) is 8.58. The average Bonchev–Trinajstić information content (AvgIpc) is 3.38. The molecule has 0 atom stereocenters. The van der Waals surface area contributed by atoms with E-state index in [-0.39, 0.29) is 18.0 Å². The molecule has 0 spiro atoms. The molecule has 0 fully saturated rings. The first kappa shape index (κ1) is 29.1. The van der Waals surface area contributed by atoms with E-state index < -0.39 is 15.9 Å². The number of hydrogen-bond donors (Lipinski definition) is 2. The highest BCUT2D eigenvalue weighted by molar-refractivity contribution is 7.86. The number of methoxy groups -OCH3 is 2. The molecule has 4 rings (SSSR count). The Morgan fingerprint density at radius 1 is 1.07 bits per heavy atom. The van der Waals surface area contributed by atoms with E-state index in [0.717, 1.165) is 26.5 Å². The van der Waals surface area contributed by atoms with Crippen LogP contribution in [0.3, 0.4) is 0 Å². The van der Waals surface area contributed by atoms with Crippen molar-refractivity contribution in [2.75, 3.05) is 45.1 Å². The molecule has 0 aliphatic rings. The highest BCUT2D eigenvalue weighted by Gasteiger charge is 2.33. The molecule has 208 valence electrons. The van der Waals surface area contributed by atoms with Gasteiger partial charge in [-0.1, -0.05) is 23.6 Å². The molecule has 4 aromatic rings. The van der Waals surface area contributed by atoms with Crippen LogP contribution in [0, 0.1) is 18.8 Å². The third-order valence-corrected chi connectivity index (χ3v) is 8.13. The van der Waals surface area contributed by atoms with Gasteiger partial charge < -0.3 is 20.1 Å². The molecule has 2 heterocycles. The first-order valence-corrected chi connectivity index (χ1v) is 14.4. The second-order valence-corrected chi connectivity index (χ2v) is 11.3. The lowest BCUT2D eigenvalue weighted by atomic mass is 10.2. The monoisotopic (exact) mass is 579 g/mol. The molecule has 0 saturated carbocycles. The maximum Gasteiger partial charge on any atom is 0.297 e. The Bertz CT molecular complexity index is 1640. The van der Waals surface area contributed by atoms with Gasteiger partial charge in [-0.05, 0) is 55.3 Å². The molecule has 0 radical (unpaired) electrons. The minimum atomic E-state index is -3.99. The van der Waals surface area contributed by atoms with Crippen LogP contribution in [-0.2, 0) is 23.8 Å². The smallest absolute Gasteiger partial charge is 0.297 e. The minimum absolute atomic E-state index is 0.0653. The SMILES string of the molecule is CNc1cnc(C#C/C=C/c2nc3ccc(NCC(COS(=O)(=O)c4ccc(C)cc4)(OC)OC)cc3s2)cn1. The van der Waals surface area contributed by atoms with Crippen molar-refractivity contribution in [2.24, 2.45) is 0 Å². The zero-order chi connectivity index (χ0) is 28.6. The highest BCUT2D eigenvalue weighted by Crippen LogP contribution is 2.27. The van der Waals surface area contributed by atoms with Crippen LogP contribution in [0.5, 0.6) is 0 Å². The van der Waals surface area contributed by atoms with Crippen LogP contribution in [0.2, 0.25) is 0 Å². The van der Waals surface area contributed by atoms with Crippen LogP contribution in [0.25, 0.3) is 16.3 Å². The van der Waals surface area contributed by atoms with E-state index in [2.05, 4.69) is 37.4 Å². The van der Waals surface area contributed by atoms with E-state index in [1.165, 1.54) is 37.7 Å². The summed E-state index contributed by atoms with van der Waals surface area (Å²) in [5.41, 5.74) is 3.15. The summed E-state index contributed by atoms with van der Waals surface area (Å²) in [6, 6.07) is 12.2. The molecule has 2 N–H and O–H groups in total. The van der Waals surface area contributed by atoms with E-state index >= 15 is 0 Å². The molecule has 0 bridgehead atoms. The summed E-state index contributed by atoms with van der Waals surface area (Å²) < 4.78 is 42.6. The van der Waals surface area contributed by atoms with Crippen LogP contribution in [0.1, 0.15) is 16.3 Å². The van der Waals surface area contributed by atoms with Crippen molar-refractivity contribution in [1.82, 2.24) is 15.0 Å². The number of hydrogen-bond acceptors (Lipinski definition) is 11. The Kier molecular flexibility index (Phi) is 9.46. The minimum Gasteiger partial charge on any atom is -0.379 e. The van der Waals surface area contributed by atoms with Gasteiger partial charge in [0.1, 0.15) is 23.1 Å². The highest BCUT2D eigenvalue weighted by atomic mass is 32.2. The number of benzene rings is 2. The lowest BCUT2D eigenvalue weighted by molar-refractivity contribution is -0.211. The van der Waals surface area contributed by atoms with Crippen molar-refractivity contribution >= 4 is 49.3 Å². The van der Waals surface area contributed by atoms with Gasteiger partial charge in [0.15, 0.2) is 0 Å². The van der Waals surface area contributed by atoms with Crippen molar-refractivity contribution < 1.29 is 22.1 Å².